The van der Waals surface area contributed by atoms with Crippen LogP contribution in [0.25, 0.3) is 22.2 Å². The number of hydrogen-bond donors (Lipinski definition) is 3. The minimum Gasteiger partial charge on any atom is -0.449 e. The van der Waals surface area contributed by atoms with Crippen molar-refractivity contribution >= 4 is 33.8 Å². The van der Waals surface area contributed by atoms with Gasteiger partial charge in [-0.1, -0.05) is 24.3 Å². The number of aliphatic hydroxyl groups excluding tert-OH is 1. The summed E-state index contributed by atoms with van der Waals surface area (Å²) >= 11 is 5.51. The van der Waals surface area contributed by atoms with Gasteiger partial charge in [0.1, 0.15) is 17.6 Å². The van der Waals surface area contributed by atoms with Gasteiger partial charge in [-0.2, -0.15) is 9.97 Å². The average molecular weight is 393 g/mol. The van der Waals surface area contributed by atoms with Crippen molar-refractivity contribution in [3.05, 3.63) is 53.9 Å². The van der Waals surface area contributed by atoms with Crippen LogP contribution in [0.4, 0.5) is 0 Å². The summed E-state index contributed by atoms with van der Waals surface area (Å²) in [5.74, 6) is 0. The Hall–Kier alpha value is -2.65. The molecule has 0 radical (unpaired) electrons. The first kappa shape index (κ1) is 20.7. The summed E-state index contributed by atoms with van der Waals surface area (Å²) in [6.07, 6.45) is 0.284. The van der Waals surface area contributed by atoms with E-state index < -0.39 is 0 Å². The number of para-hydroxylation sites is 4. The summed E-state index contributed by atoms with van der Waals surface area (Å²) in [6.45, 7) is 1.35. The summed E-state index contributed by atoms with van der Waals surface area (Å²) in [7, 11) is 0. The van der Waals surface area contributed by atoms with Crippen molar-refractivity contribution in [2.75, 3.05) is 26.3 Å². The molecular weight excluding hydrogens is 372 g/mol. The molecular formula is C18H21ClN4O4. The van der Waals surface area contributed by atoms with Crippen LogP contribution in [0.5, 0.6) is 6.08 Å². The third-order valence-corrected chi connectivity index (χ3v) is 3.18. The molecule has 27 heavy (non-hydrogen) atoms. The van der Waals surface area contributed by atoms with E-state index in [1.807, 2.05) is 48.5 Å². The molecule has 0 amide bonds. The number of oxazole rings is 2. The van der Waals surface area contributed by atoms with Gasteiger partial charge in [0.05, 0.1) is 6.61 Å². The largest absolute Gasteiger partial charge is 0.449 e. The van der Waals surface area contributed by atoms with E-state index in [1.54, 1.807) is 0 Å². The molecule has 0 atom stereocenters. The van der Waals surface area contributed by atoms with Crippen molar-refractivity contribution in [3.63, 3.8) is 0 Å². The first-order valence-corrected chi connectivity index (χ1v) is 8.56. The maximum Gasteiger partial charge on any atom is 0.394 e. The van der Waals surface area contributed by atoms with Gasteiger partial charge in [0.25, 0.3) is 5.35 Å². The summed E-state index contributed by atoms with van der Waals surface area (Å²) < 4.78 is 15.4. The minimum atomic E-state index is 0.0972. The predicted octanol–water partition coefficient (Wildman–Crippen LogP) is 2.58. The van der Waals surface area contributed by atoms with Crippen LogP contribution in [-0.2, 0) is 0 Å². The van der Waals surface area contributed by atoms with Gasteiger partial charge in [0, 0.05) is 13.1 Å². The number of halogens is 1. The van der Waals surface area contributed by atoms with Crippen molar-refractivity contribution in [1.82, 2.24) is 9.97 Å². The highest BCUT2D eigenvalue weighted by Gasteiger charge is 2.04. The van der Waals surface area contributed by atoms with E-state index >= 15 is 0 Å². The third-order valence-electron chi connectivity index (χ3n) is 3.01. The topological polar surface area (TPSA) is 134 Å². The van der Waals surface area contributed by atoms with Crippen LogP contribution in [0.1, 0.15) is 0 Å². The minimum absolute atomic E-state index is 0.0972. The number of aliphatic hydroxyl groups is 1. The molecule has 0 bridgehead atoms. The van der Waals surface area contributed by atoms with Crippen LogP contribution < -0.4 is 16.2 Å². The standard InChI is InChI=1S/C9H10N2O2.C7H4ClNO.C2H7NO/c10-5-6-12-9-11-7-3-1-2-4-8(7)13-9;8-7-9-5-3-1-2-4-6(5)10-7;3-1-2-4/h1-4H,5-6,10H2;1-4H;4H,1-3H2. The molecule has 4 aromatic rings. The lowest BCUT2D eigenvalue weighted by Crippen LogP contribution is -2.10. The monoisotopic (exact) mass is 392 g/mol. The summed E-state index contributed by atoms with van der Waals surface area (Å²) in [5, 5.41) is 7.95. The quantitative estimate of drug-likeness (QED) is 0.482. The molecule has 5 N–H and O–H groups in total. The fraction of sp³-hybridized carbons (Fsp3) is 0.222. The second kappa shape index (κ2) is 11.1. The highest BCUT2D eigenvalue weighted by atomic mass is 35.5. The number of rotatable bonds is 4. The molecule has 0 aliphatic rings. The van der Waals surface area contributed by atoms with Crippen molar-refractivity contribution in [1.29, 1.82) is 0 Å². The summed E-state index contributed by atoms with van der Waals surface area (Å²) in [5.41, 5.74) is 13.1. The zero-order valence-corrected chi connectivity index (χ0v) is 15.3. The Kier molecular flexibility index (Phi) is 8.53. The van der Waals surface area contributed by atoms with Gasteiger partial charge in [-0.25, -0.2) is 0 Å². The Bertz CT molecular complexity index is 873. The maximum absolute atomic E-state index is 7.75. The molecule has 0 saturated carbocycles. The number of nitrogens with two attached hydrogens (primary N) is 2. The van der Waals surface area contributed by atoms with E-state index in [4.69, 9.17) is 41.7 Å². The predicted molar refractivity (Wildman–Crippen MR) is 104 cm³/mol. The second-order valence-corrected chi connectivity index (χ2v) is 5.35. The fourth-order valence-corrected chi connectivity index (χ4v) is 2.08. The Morgan fingerprint density at radius 3 is 1.96 bits per heavy atom. The molecule has 8 nitrogen and oxygen atoms in total. The highest BCUT2D eigenvalue weighted by molar-refractivity contribution is 6.28. The Morgan fingerprint density at radius 1 is 0.889 bits per heavy atom. The smallest absolute Gasteiger partial charge is 0.394 e. The highest BCUT2D eigenvalue weighted by Crippen LogP contribution is 2.19. The number of benzene rings is 2. The number of aromatic nitrogens is 2. The van der Waals surface area contributed by atoms with Gasteiger partial charge >= 0.3 is 6.08 Å². The first-order chi connectivity index (χ1) is 13.2. The number of ether oxygens (including phenoxy) is 1. The van der Waals surface area contributed by atoms with Crippen LogP contribution in [-0.4, -0.2) is 41.4 Å². The summed E-state index contributed by atoms with van der Waals surface area (Å²) in [4.78, 5) is 8.02. The average Bonchev–Trinajstić information content (AvgIpc) is 3.28. The zero-order chi connectivity index (χ0) is 19.5. The Labute approximate surface area is 160 Å². The number of fused-ring (bicyclic) bond motifs is 2. The lowest BCUT2D eigenvalue weighted by atomic mass is 10.3. The van der Waals surface area contributed by atoms with Crippen molar-refractivity contribution in [3.8, 4) is 6.08 Å². The van der Waals surface area contributed by atoms with E-state index in [0.29, 0.717) is 19.7 Å². The van der Waals surface area contributed by atoms with Crippen LogP contribution in [0.2, 0.25) is 5.35 Å². The van der Waals surface area contributed by atoms with Crippen molar-refractivity contribution in [2.24, 2.45) is 11.5 Å². The lowest BCUT2D eigenvalue weighted by molar-refractivity contribution is 0.244. The van der Waals surface area contributed by atoms with Gasteiger partial charge in [-0.05, 0) is 35.9 Å². The van der Waals surface area contributed by atoms with Gasteiger partial charge in [0.2, 0.25) is 0 Å². The van der Waals surface area contributed by atoms with Crippen LogP contribution in [0, 0.1) is 0 Å². The second-order valence-electron chi connectivity index (χ2n) is 5.03. The molecule has 0 fully saturated rings. The van der Waals surface area contributed by atoms with E-state index in [1.165, 1.54) is 0 Å². The molecule has 0 unspecified atom stereocenters. The molecule has 0 saturated heterocycles. The molecule has 2 heterocycles. The zero-order valence-electron chi connectivity index (χ0n) is 14.5. The van der Waals surface area contributed by atoms with E-state index in [0.717, 1.165) is 22.2 Å². The molecule has 2 aromatic heterocycles. The molecule has 144 valence electrons. The van der Waals surface area contributed by atoms with Gasteiger partial charge in [-0.15, -0.1) is 0 Å². The lowest BCUT2D eigenvalue weighted by Gasteiger charge is -1.94. The van der Waals surface area contributed by atoms with Gasteiger partial charge < -0.3 is 30.1 Å². The molecule has 4 rings (SSSR count). The molecule has 9 heteroatoms. The van der Waals surface area contributed by atoms with Crippen LogP contribution in [0.15, 0.2) is 57.4 Å². The Morgan fingerprint density at radius 2 is 1.44 bits per heavy atom. The number of hydrogen-bond acceptors (Lipinski definition) is 8. The molecule has 0 spiro atoms. The third kappa shape index (κ3) is 6.54. The van der Waals surface area contributed by atoms with Gasteiger partial charge in [0.15, 0.2) is 11.2 Å². The van der Waals surface area contributed by atoms with Crippen LogP contribution in [0.3, 0.4) is 0 Å². The van der Waals surface area contributed by atoms with E-state index in [9.17, 15) is 0 Å². The fourth-order valence-electron chi connectivity index (χ4n) is 1.90. The van der Waals surface area contributed by atoms with Crippen molar-refractivity contribution < 1.29 is 18.7 Å². The number of nitrogens with zero attached hydrogens (tertiary/aromatic N) is 2. The SMILES string of the molecule is Clc1nc2ccccc2o1.NCCO.NCCOc1nc2ccccc2o1. The molecule has 0 aliphatic heterocycles. The first-order valence-electron chi connectivity index (χ1n) is 8.18. The van der Waals surface area contributed by atoms with E-state index in [-0.39, 0.29) is 18.0 Å². The van der Waals surface area contributed by atoms with Crippen molar-refractivity contribution in [2.45, 2.75) is 0 Å². The van der Waals surface area contributed by atoms with Crippen LogP contribution >= 0.6 is 11.6 Å². The normalized spacial score (nSPS) is 10.1. The Balaban J connectivity index is 0.000000166. The molecule has 0 aliphatic carbocycles. The maximum atomic E-state index is 7.75. The van der Waals surface area contributed by atoms with Gasteiger partial charge in [-0.3, -0.25) is 0 Å². The van der Waals surface area contributed by atoms with E-state index in [2.05, 4.69) is 9.97 Å². The molecule has 2 aromatic carbocycles. The summed E-state index contributed by atoms with van der Waals surface area (Å²) in [6, 6.07) is 15.0.